The van der Waals surface area contributed by atoms with E-state index in [-0.39, 0.29) is 11.7 Å². The summed E-state index contributed by atoms with van der Waals surface area (Å²) in [5.41, 5.74) is 7.36. The molecule has 1 aromatic heterocycles. The molecule has 0 aliphatic carbocycles. The Morgan fingerprint density at radius 1 is 1.41 bits per heavy atom. The summed E-state index contributed by atoms with van der Waals surface area (Å²) in [6.07, 6.45) is 0. The summed E-state index contributed by atoms with van der Waals surface area (Å²) < 4.78 is 12.9. The van der Waals surface area contributed by atoms with Gasteiger partial charge in [0.25, 0.3) is 5.91 Å². The van der Waals surface area contributed by atoms with Gasteiger partial charge in [-0.1, -0.05) is 0 Å². The van der Waals surface area contributed by atoms with Gasteiger partial charge in [-0.05, 0) is 42.1 Å². The van der Waals surface area contributed by atoms with Crippen LogP contribution in [0.1, 0.15) is 15.2 Å². The summed E-state index contributed by atoms with van der Waals surface area (Å²) >= 11 is 1.27. The van der Waals surface area contributed by atoms with Crippen molar-refractivity contribution in [1.82, 2.24) is 0 Å². The highest BCUT2D eigenvalue weighted by Gasteiger charge is 2.12. The number of aryl methyl sites for hydroxylation is 1. The fraction of sp³-hybridized carbons (Fsp3) is 0.0833. The number of thiophene rings is 1. The van der Waals surface area contributed by atoms with Crippen LogP contribution in [-0.4, -0.2) is 5.91 Å². The first-order valence-corrected chi connectivity index (χ1v) is 5.86. The number of carbonyl (C=O) groups excluding carboxylic acids is 1. The van der Waals surface area contributed by atoms with Crippen LogP contribution in [0.3, 0.4) is 0 Å². The zero-order chi connectivity index (χ0) is 12.4. The summed E-state index contributed by atoms with van der Waals surface area (Å²) in [5, 5.41) is 4.46. The first-order valence-electron chi connectivity index (χ1n) is 4.98. The maximum Gasteiger partial charge on any atom is 0.267 e. The molecule has 88 valence electrons. The quantitative estimate of drug-likeness (QED) is 0.860. The van der Waals surface area contributed by atoms with Gasteiger partial charge in [-0.15, -0.1) is 11.3 Å². The van der Waals surface area contributed by atoms with E-state index in [1.807, 2.05) is 0 Å². The second-order valence-electron chi connectivity index (χ2n) is 3.62. The molecule has 5 heteroatoms. The van der Waals surface area contributed by atoms with Gasteiger partial charge in [0, 0.05) is 5.69 Å². The Morgan fingerprint density at radius 2 is 2.18 bits per heavy atom. The average molecular weight is 250 g/mol. The highest BCUT2D eigenvalue weighted by molar-refractivity contribution is 7.12. The number of anilines is 2. The Balaban J connectivity index is 2.22. The Kier molecular flexibility index (Phi) is 3.10. The molecule has 0 radical (unpaired) electrons. The third-order valence-electron chi connectivity index (χ3n) is 2.34. The van der Waals surface area contributed by atoms with Crippen LogP contribution >= 0.6 is 11.3 Å². The molecule has 2 rings (SSSR count). The predicted octanol–water partition coefficient (Wildman–Crippen LogP) is 3.03. The van der Waals surface area contributed by atoms with Crippen molar-refractivity contribution in [3.8, 4) is 0 Å². The molecule has 3 N–H and O–H groups in total. The second-order valence-corrected chi connectivity index (χ2v) is 4.53. The van der Waals surface area contributed by atoms with E-state index in [1.165, 1.54) is 29.5 Å². The lowest BCUT2D eigenvalue weighted by Gasteiger charge is -2.07. The van der Waals surface area contributed by atoms with Crippen molar-refractivity contribution in [2.24, 2.45) is 0 Å². The number of nitrogen functional groups attached to an aromatic ring is 1. The van der Waals surface area contributed by atoms with Crippen molar-refractivity contribution >= 4 is 28.6 Å². The number of hydrogen-bond donors (Lipinski definition) is 2. The fourth-order valence-corrected chi connectivity index (χ4v) is 2.16. The lowest BCUT2D eigenvalue weighted by Crippen LogP contribution is -2.12. The number of benzene rings is 1. The Morgan fingerprint density at radius 3 is 2.76 bits per heavy atom. The van der Waals surface area contributed by atoms with Crippen molar-refractivity contribution in [2.45, 2.75) is 6.92 Å². The Hall–Kier alpha value is -1.88. The van der Waals surface area contributed by atoms with Gasteiger partial charge in [0.15, 0.2) is 0 Å². The van der Waals surface area contributed by atoms with Crippen molar-refractivity contribution in [3.05, 3.63) is 45.9 Å². The predicted molar refractivity (Wildman–Crippen MR) is 67.8 cm³/mol. The maximum atomic E-state index is 12.9. The molecule has 0 fully saturated rings. The fourth-order valence-electron chi connectivity index (χ4n) is 1.45. The van der Waals surface area contributed by atoms with Gasteiger partial charge in [0.05, 0.1) is 5.69 Å². The lowest BCUT2D eigenvalue weighted by molar-refractivity contribution is 0.103. The summed E-state index contributed by atoms with van der Waals surface area (Å²) in [6.45, 7) is 1.73. The van der Waals surface area contributed by atoms with Crippen LogP contribution in [0, 0.1) is 12.7 Å². The maximum absolute atomic E-state index is 12.9. The lowest BCUT2D eigenvalue weighted by atomic mass is 10.2. The number of carbonyl (C=O) groups is 1. The summed E-state index contributed by atoms with van der Waals surface area (Å²) in [4.78, 5) is 12.3. The number of nitrogens with one attached hydrogen (secondary N) is 1. The topological polar surface area (TPSA) is 55.1 Å². The van der Waals surface area contributed by atoms with E-state index in [0.717, 1.165) is 0 Å². The zero-order valence-corrected chi connectivity index (χ0v) is 9.98. The SMILES string of the molecule is Cc1cc(F)ccc1NC(=O)c1sccc1N. The van der Waals surface area contributed by atoms with E-state index < -0.39 is 0 Å². The van der Waals surface area contributed by atoms with Gasteiger partial charge in [0.1, 0.15) is 10.7 Å². The van der Waals surface area contributed by atoms with E-state index in [0.29, 0.717) is 21.8 Å². The molecule has 0 unspecified atom stereocenters. The van der Waals surface area contributed by atoms with Crippen molar-refractivity contribution in [3.63, 3.8) is 0 Å². The van der Waals surface area contributed by atoms with E-state index in [4.69, 9.17) is 5.73 Å². The van der Waals surface area contributed by atoms with Crippen molar-refractivity contribution < 1.29 is 9.18 Å². The van der Waals surface area contributed by atoms with Crippen LogP contribution < -0.4 is 11.1 Å². The zero-order valence-electron chi connectivity index (χ0n) is 9.16. The summed E-state index contributed by atoms with van der Waals surface area (Å²) in [6, 6.07) is 5.89. The molecule has 0 aliphatic heterocycles. The molecule has 17 heavy (non-hydrogen) atoms. The molecule has 0 bridgehead atoms. The van der Waals surface area contributed by atoms with E-state index >= 15 is 0 Å². The molecule has 3 nitrogen and oxygen atoms in total. The van der Waals surface area contributed by atoms with E-state index in [1.54, 1.807) is 18.4 Å². The van der Waals surface area contributed by atoms with Crippen LogP contribution in [0.4, 0.5) is 15.8 Å². The second kappa shape index (κ2) is 4.55. The first-order chi connectivity index (χ1) is 8.08. The van der Waals surface area contributed by atoms with Crippen LogP contribution in [0.2, 0.25) is 0 Å². The van der Waals surface area contributed by atoms with Crippen LogP contribution in [0.15, 0.2) is 29.6 Å². The minimum atomic E-state index is -0.323. The third kappa shape index (κ3) is 2.45. The number of hydrogen-bond acceptors (Lipinski definition) is 3. The van der Waals surface area contributed by atoms with Crippen molar-refractivity contribution in [1.29, 1.82) is 0 Å². The highest BCUT2D eigenvalue weighted by atomic mass is 32.1. The normalized spacial score (nSPS) is 10.2. The molecule has 1 aromatic carbocycles. The summed E-state index contributed by atoms with van der Waals surface area (Å²) in [7, 11) is 0. The Bertz CT molecular complexity index is 565. The number of amides is 1. The standard InChI is InChI=1S/C12H11FN2OS/c1-7-6-8(13)2-3-10(7)15-12(16)11-9(14)4-5-17-11/h2-6H,14H2,1H3,(H,15,16). The molecule has 0 spiro atoms. The Labute approximate surface area is 102 Å². The van der Waals surface area contributed by atoms with E-state index in [2.05, 4.69) is 5.32 Å². The minimum Gasteiger partial charge on any atom is -0.397 e. The number of nitrogens with two attached hydrogens (primary N) is 1. The molecular formula is C12H11FN2OS. The van der Waals surface area contributed by atoms with E-state index in [9.17, 15) is 9.18 Å². The van der Waals surface area contributed by atoms with Crippen LogP contribution in [-0.2, 0) is 0 Å². The average Bonchev–Trinajstić information content (AvgIpc) is 2.68. The molecular weight excluding hydrogens is 239 g/mol. The molecule has 1 heterocycles. The van der Waals surface area contributed by atoms with Gasteiger partial charge in [0.2, 0.25) is 0 Å². The molecule has 2 aromatic rings. The third-order valence-corrected chi connectivity index (χ3v) is 3.27. The van der Waals surface area contributed by atoms with Crippen molar-refractivity contribution in [2.75, 3.05) is 11.1 Å². The minimum absolute atomic E-state index is 0.271. The largest absolute Gasteiger partial charge is 0.397 e. The van der Waals surface area contributed by atoms with Crippen LogP contribution in [0.25, 0.3) is 0 Å². The number of rotatable bonds is 2. The van der Waals surface area contributed by atoms with Gasteiger partial charge in [-0.25, -0.2) is 4.39 Å². The van der Waals surface area contributed by atoms with Gasteiger partial charge < -0.3 is 11.1 Å². The van der Waals surface area contributed by atoms with Crippen LogP contribution in [0.5, 0.6) is 0 Å². The molecule has 1 amide bonds. The molecule has 0 saturated heterocycles. The van der Waals surface area contributed by atoms with Gasteiger partial charge in [-0.3, -0.25) is 4.79 Å². The smallest absolute Gasteiger partial charge is 0.267 e. The molecule has 0 saturated carbocycles. The van der Waals surface area contributed by atoms with Gasteiger partial charge >= 0.3 is 0 Å². The van der Waals surface area contributed by atoms with Gasteiger partial charge in [-0.2, -0.15) is 0 Å². The molecule has 0 atom stereocenters. The molecule has 0 aliphatic rings. The number of halogens is 1. The monoisotopic (exact) mass is 250 g/mol. The highest BCUT2D eigenvalue weighted by Crippen LogP contribution is 2.22. The first kappa shape index (κ1) is 11.6. The summed E-state index contributed by atoms with van der Waals surface area (Å²) in [5.74, 6) is -0.594.